The molecule has 1 amide bonds. The molecule has 154 valence electrons. The Balaban J connectivity index is 3.91. The maximum atomic E-state index is 12.1. The minimum Gasteiger partial charge on any atom is -0.464 e. The van der Waals surface area contributed by atoms with E-state index in [2.05, 4.69) is 12.2 Å². The Kier molecular flexibility index (Phi) is 17.9. The summed E-state index contributed by atoms with van der Waals surface area (Å²) in [5.74, 6) is -0.358. The molecule has 0 aliphatic carbocycles. The van der Waals surface area contributed by atoms with Crippen LogP contribution in [0.3, 0.4) is 0 Å². The van der Waals surface area contributed by atoms with Gasteiger partial charge in [-0.05, 0) is 38.6 Å². The third-order valence-electron chi connectivity index (χ3n) is 4.52. The van der Waals surface area contributed by atoms with Gasteiger partial charge in [-0.2, -0.15) is 0 Å². The Bertz CT molecular complexity index is 348. The Morgan fingerprint density at radius 2 is 1.46 bits per heavy atom. The zero-order valence-corrected chi connectivity index (χ0v) is 17.2. The fourth-order valence-corrected chi connectivity index (χ4v) is 2.91. The fraction of sp³-hybridized carbons (Fsp3) is 0.905. The van der Waals surface area contributed by atoms with Crippen LogP contribution in [-0.2, 0) is 14.3 Å². The summed E-state index contributed by atoms with van der Waals surface area (Å²) in [6.07, 6.45) is 14.6. The number of nitrogens with two attached hydrogens (primary N) is 1. The summed E-state index contributed by atoms with van der Waals surface area (Å²) in [4.78, 5) is 24.2. The number of rotatable bonds is 18. The average molecular weight is 371 g/mol. The Morgan fingerprint density at radius 3 is 2.04 bits per heavy atom. The van der Waals surface area contributed by atoms with Gasteiger partial charge in [-0.1, -0.05) is 65.2 Å². The molecule has 0 bridgehead atoms. The van der Waals surface area contributed by atoms with Crippen LogP contribution in [0.4, 0.5) is 0 Å². The largest absolute Gasteiger partial charge is 0.464 e. The van der Waals surface area contributed by atoms with Crippen molar-refractivity contribution in [2.75, 3.05) is 13.2 Å². The van der Waals surface area contributed by atoms with Crippen LogP contribution in [0.1, 0.15) is 104 Å². The van der Waals surface area contributed by atoms with Crippen LogP contribution in [-0.4, -0.2) is 31.1 Å². The van der Waals surface area contributed by atoms with Gasteiger partial charge in [0.2, 0.25) is 5.91 Å². The minimum absolute atomic E-state index is 0.0425. The van der Waals surface area contributed by atoms with E-state index in [1.807, 2.05) is 6.92 Å². The van der Waals surface area contributed by atoms with Crippen molar-refractivity contribution in [2.24, 2.45) is 5.73 Å². The second kappa shape index (κ2) is 18.7. The standard InChI is InChI=1S/C21H42N2O3/c1-3-5-6-7-8-9-10-11-12-16-20(24)23-19(15-13-14-17-22)21(25)26-18-4-2/h19H,3-18,22H2,1-2H3,(H,23,24)/t19-/m0/s1. The highest BCUT2D eigenvalue weighted by atomic mass is 16.5. The third-order valence-corrected chi connectivity index (χ3v) is 4.52. The monoisotopic (exact) mass is 370 g/mol. The molecule has 0 radical (unpaired) electrons. The quantitative estimate of drug-likeness (QED) is 0.275. The lowest BCUT2D eigenvalue weighted by molar-refractivity contribution is -0.148. The molecule has 26 heavy (non-hydrogen) atoms. The van der Waals surface area contributed by atoms with Crippen molar-refractivity contribution in [1.82, 2.24) is 5.32 Å². The molecule has 0 fully saturated rings. The topological polar surface area (TPSA) is 81.4 Å². The lowest BCUT2D eigenvalue weighted by atomic mass is 10.1. The maximum absolute atomic E-state index is 12.1. The number of hydrogen-bond donors (Lipinski definition) is 2. The summed E-state index contributed by atoms with van der Waals surface area (Å²) in [5, 5.41) is 2.86. The number of carbonyl (C=O) groups excluding carboxylic acids is 2. The van der Waals surface area contributed by atoms with Crippen molar-refractivity contribution in [3.63, 3.8) is 0 Å². The van der Waals surface area contributed by atoms with Crippen LogP contribution in [0.15, 0.2) is 0 Å². The van der Waals surface area contributed by atoms with Crippen molar-refractivity contribution >= 4 is 11.9 Å². The molecule has 0 aromatic carbocycles. The van der Waals surface area contributed by atoms with Gasteiger partial charge in [-0.3, -0.25) is 4.79 Å². The van der Waals surface area contributed by atoms with E-state index in [0.717, 1.165) is 32.1 Å². The van der Waals surface area contributed by atoms with Gasteiger partial charge in [0, 0.05) is 6.42 Å². The number of esters is 1. The van der Waals surface area contributed by atoms with E-state index in [-0.39, 0.29) is 11.9 Å². The van der Waals surface area contributed by atoms with Gasteiger partial charge >= 0.3 is 5.97 Å². The van der Waals surface area contributed by atoms with Crippen molar-refractivity contribution in [2.45, 2.75) is 110 Å². The Labute approximate surface area is 160 Å². The highest BCUT2D eigenvalue weighted by Gasteiger charge is 2.21. The summed E-state index contributed by atoms with van der Waals surface area (Å²) in [6.45, 7) is 5.19. The van der Waals surface area contributed by atoms with Crippen LogP contribution in [0, 0.1) is 0 Å². The molecular formula is C21H42N2O3. The summed E-state index contributed by atoms with van der Waals surface area (Å²) < 4.78 is 5.20. The fourth-order valence-electron chi connectivity index (χ4n) is 2.91. The van der Waals surface area contributed by atoms with Crippen LogP contribution in [0.5, 0.6) is 0 Å². The second-order valence-corrected chi connectivity index (χ2v) is 7.15. The number of hydrogen-bond acceptors (Lipinski definition) is 4. The minimum atomic E-state index is -0.529. The molecule has 5 nitrogen and oxygen atoms in total. The highest BCUT2D eigenvalue weighted by Crippen LogP contribution is 2.11. The predicted molar refractivity (Wildman–Crippen MR) is 108 cm³/mol. The van der Waals surface area contributed by atoms with Crippen LogP contribution in [0.2, 0.25) is 0 Å². The lowest BCUT2D eigenvalue weighted by Crippen LogP contribution is -2.42. The van der Waals surface area contributed by atoms with Gasteiger partial charge in [-0.15, -0.1) is 0 Å². The summed E-state index contributed by atoms with van der Waals surface area (Å²) in [6, 6.07) is -0.529. The van der Waals surface area contributed by atoms with Crippen molar-refractivity contribution in [1.29, 1.82) is 0 Å². The van der Waals surface area contributed by atoms with E-state index in [1.54, 1.807) is 0 Å². The van der Waals surface area contributed by atoms with Gasteiger partial charge in [0.25, 0.3) is 0 Å². The molecule has 0 unspecified atom stereocenters. The zero-order valence-electron chi connectivity index (χ0n) is 17.2. The molecule has 5 heteroatoms. The van der Waals surface area contributed by atoms with Gasteiger partial charge in [0.05, 0.1) is 6.61 Å². The predicted octanol–water partition coefficient (Wildman–Crippen LogP) is 4.47. The third kappa shape index (κ3) is 15.2. The van der Waals surface area contributed by atoms with E-state index in [0.29, 0.717) is 26.0 Å². The molecule has 0 spiro atoms. The molecule has 0 aliphatic heterocycles. The number of unbranched alkanes of at least 4 members (excludes halogenated alkanes) is 9. The van der Waals surface area contributed by atoms with Gasteiger partial charge in [-0.25, -0.2) is 4.79 Å². The SMILES string of the molecule is CCCCCCCCCCCC(=O)N[C@@H](CCCCN)C(=O)OCCC. The lowest BCUT2D eigenvalue weighted by Gasteiger charge is -2.17. The van der Waals surface area contributed by atoms with E-state index < -0.39 is 6.04 Å². The summed E-state index contributed by atoms with van der Waals surface area (Å²) in [5.41, 5.74) is 5.51. The Hall–Kier alpha value is -1.10. The maximum Gasteiger partial charge on any atom is 0.328 e. The van der Waals surface area contributed by atoms with Crippen LogP contribution < -0.4 is 11.1 Å². The van der Waals surface area contributed by atoms with E-state index in [1.165, 1.54) is 44.9 Å². The molecule has 0 heterocycles. The molecule has 0 saturated heterocycles. The molecule has 0 rings (SSSR count). The first kappa shape index (κ1) is 24.9. The van der Waals surface area contributed by atoms with Gasteiger partial charge < -0.3 is 15.8 Å². The molecular weight excluding hydrogens is 328 g/mol. The van der Waals surface area contributed by atoms with Crippen molar-refractivity contribution in [3.8, 4) is 0 Å². The summed E-state index contributed by atoms with van der Waals surface area (Å²) in [7, 11) is 0. The number of amides is 1. The van der Waals surface area contributed by atoms with Gasteiger partial charge in [0.1, 0.15) is 6.04 Å². The molecule has 1 atom stereocenters. The highest BCUT2D eigenvalue weighted by molar-refractivity contribution is 5.84. The number of nitrogens with one attached hydrogen (secondary N) is 1. The van der Waals surface area contributed by atoms with Crippen LogP contribution >= 0.6 is 0 Å². The first-order valence-corrected chi connectivity index (χ1v) is 10.8. The molecule has 0 saturated carbocycles. The molecule has 3 N–H and O–H groups in total. The zero-order chi connectivity index (χ0) is 19.5. The van der Waals surface area contributed by atoms with Crippen LogP contribution in [0.25, 0.3) is 0 Å². The number of carbonyl (C=O) groups is 2. The molecule has 0 aromatic heterocycles. The smallest absolute Gasteiger partial charge is 0.328 e. The van der Waals surface area contributed by atoms with Crippen molar-refractivity contribution in [3.05, 3.63) is 0 Å². The molecule has 0 aromatic rings. The normalized spacial score (nSPS) is 12.0. The number of ether oxygens (including phenoxy) is 1. The van der Waals surface area contributed by atoms with E-state index in [9.17, 15) is 9.59 Å². The van der Waals surface area contributed by atoms with E-state index >= 15 is 0 Å². The van der Waals surface area contributed by atoms with Gasteiger partial charge in [0.15, 0.2) is 0 Å². The van der Waals surface area contributed by atoms with Crippen molar-refractivity contribution < 1.29 is 14.3 Å². The average Bonchev–Trinajstić information content (AvgIpc) is 2.64. The summed E-state index contributed by atoms with van der Waals surface area (Å²) >= 11 is 0. The molecule has 0 aliphatic rings. The first-order valence-electron chi connectivity index (χ1n) is 10.8. The second-order valence-electron chi connectivity index (χ2n) is 7.15. The van der Waals surface area contributed by atoms with E-state index in [4.69, 9.17) is 10.5 Å². The Morgan fingerprint density at radius 1 is 0.846 bits per heavy atom. The first-order chi connectivity index (χ1) is 12.7.